The van der Waals surface area contributed by atoms with E-state index in [-0.39, 0.29) is 12.2 Å². The lowest BCUT2D eigenvalue weighted by molar-refractivity contribution is -0.149. The van der Waals surface area contributed by atoms with E-state index in [2.05, 4.69) is 11.3 Å². The maximum Gasteiger partial charge on any atom is 0.350 e. The zero-order valence-electron chi connectivity index (χ0n) is 8.11. The maximum atomic E-state index is 10.6. The highest BCUT2D eigenvalue weighted by atomic mass is 35.5. The quantitative estimate of drug-likeness (QED) is 0.297. The Hall–Kier alpha value is -1.07. The lowest BCUT2D eigenvalue weighted by Gasteiger charge is -2.05. The number of unbranched alkanes of at least 4 members (excludes halogenated alkanes) is 1. The van der Waals surface area contributed by atoms with Crippen LogP contribution in [0.2, 0.25) is 0 Å². The number of hydrogen-bond donors (Lipinski definition) is 2. The molecule has 0 rings (SSSR count). The van der Waals surface area contributed by atoms with Crippen molar-refractivity contribution in [3.63, 3.8) is 0 Å². The fraction of sp³-hybridized carbons (Fsp3) is 0.556. The molecule has 0 aliphatic heterocycles. The van der Waals surface area contributed by atoms with E-state index in [1.807, 2.05) is 0 Å². The number of hydrogen-bond acceptors (Lipinski definition) is 4. The van der Waals surface area contributed by atoms with Gasteiger partial charge in [0.05, 0.1) is 6.61 Å². The summed E-state index contributed by atoms with van der Waals surface area (Å²) < 4.78 is 4.55. The van der Waals surface area contributed by atoms with Crippen LogP contribution in [0.5, 0.6) is 0 Å². The summed E-state index contributed by atoms with van der Waals surface area (Å²) in [6.07, 6.45) is 1.40. The lowest BCUT2D eigenvalue weighted by atomic mass is 10.1. The number of carboxylic acids is 1. The average Bonchev–Trinajstić information content (AvgIpc) is 2.16. The molecule has 1 unspecified atom stereocenters. The zero-order valence-corrected chi connectivity index (χ0v) is 8.87. The van der Waals surface area contributed by atoms with Gasteiger partial charge in [0, 0.05) is 5.57 Å². The van der Waals surface area contributed by atoms with Crippen molar-refractivity contribution in [2.75, 3.05) is 6.61 Å². The number of aliphatic hydroxyl groups is 1. The molecule has 0 aliphatic carbocycles. The number of halogens is 1. The van der Waals surface area contributed by atoms with Crippen LogP contribution in [0.25, 0.3) is 0 Å². The van der Waals surface area contributed by atoms with Crippen LogP contribution in [0, 0.1) is 0 Å². The number of carboxylic acid groups (broad SMARTS) is 1. The van der Waals surface area contributed by atoms with Crippen molar-refractivity contribution in [2.24, 2.45) is 0 Å². The minimum atomic E-state index is -1.64. The van der Waals surface area contributed by atoms with Crippen LogP contribution < -0.4 is 0 Å². The number of ether oxygens (including phenoxy) is 1. The van der Waals surface area contributed by atoms with Gasteiger partial charge in [-0.15, -0.1) is 0 Å². The van der Waals surface area contributed by atoms with Crippen LogP contribution in [0.3, 0.4) is 0 Å². The van der Waals surface area contributed by atoms with Crippen LogP contribution >= 0.6 is 11.6 Å². The van der Waals surface area contributed by atoms with Crippen molar-refractivity contribution < 1.29 is 24.5 Å². The third-order valence-electron chi connectivity index (χ3n) is 1.61. The standard InChI is InChI=1S/C9H13ClO5/c1-6(8(12)13)4-2-3-5-15-9(14)7(10)11/h7,11H,1-5H2,(H,12,13). The number of rotatable bonds is 7. The number of carbonyl (C=O) groups excluding carboxylic acids is 1. The molecule has 0 amide bonds. The van der Waals surface area contributed by atoms with Crippen LogP contribution in [0.15, 0.2) is 12.2 Å². The van der Waals surface area contributed by atoms with E-state index in [1.54, 1.807) is 0 Å². The van der Waals surface area contributed by atoms with Crippen LogP contribution in [-0.4, -0.2) is 34.3 Å². The molecule has 0 radical (unpaired) electrons. The Morgan fingerprint density at radius 1 is 1.40 bits per heavy atom. The molecule has 0 bridgehead atoms. The largest absolute Gasteiger partial charge is 0.478 e. The topological polar surface area (TPSA) is 83.8 Å². The van der Waals surface area contributed by atoms with Crippen molar-refractivity contribution >= 4 is 23.5 Å². The number of alkyl halides is 1. The minimum absolute atomic E-state index is 0.107. The summed E-state index contributed by atoms with van der Waals surface area (Å²) in [7, 11) is 0. The lowest BCUT2D eigenvalue weighted by Crippen LogP contribution is -2.17. The number of esters is 1. The molecule has 0 spiro atoms. The van der Waals surface area contributed by atoms with Gasteiger partial charge in [-0.1, -0.05) is 18.2 Å². The van der Waals surface area contributed by atoms with Crippen molar-refractivity contribution in [1.82, 2.24) is 0 Å². The first kappa shape index (κ1) is 13.9. The number of carbonyl (C=O) groups is 2. The van der Waals surface area contributed by atoms with E-state index < -0.39 is 17.5 Å². The van der Waals surface area contributed by atoms with E-state index >= 15 is 0 Å². The third kappa shape index (κ3) is 6.93. The molecule has 0 aromatic heterocycles. The molecule has 2 N–H and O–H groups in total. The van der Waals surface area contributed by atoms with Gasteiger partial charge in [-0.3, -0.25) is 0 Å². The predicted molar refractivity (Wildman–Crippen MR) is 53.4 cm³/mol. The van der Waals surface area contributed by atoms with Gasteiger partial charge in [-0.2, -0.15) is 0 Å². The Morgan fingerprint density at radius 2 is 2.00 bits per heavy atom. The smallest absolute Gasteiger partial charge is 0.350 e. The van der Waals surface area contributed by atoms with Gasteiger partial charge in [-0.25, -0.2) is 9.59 Å². The Kier molecular flexibility index (Phi) is 6.73. The van der Waals surface area contributed by atoms with Gasteiger partial charge >= 0.3 is 11.9 Å². The molecule has 1 atom stereocenters. The van der Waals surface area contributed by atoms with Crippen LogP contribution in [0.4, 0.5) is 0 Å². The Morgan fingerprint density at radius 3 is 2.47 bits per heavy atom. The third-order valence-corrected chi connectivity index (χ3v) is 1.79. The molecule has 0 aliphatic rings. The van der Waals surface area contributed by atoms with Gasteiger partial charge in [0.2, 0.25) is 5.56 Å². The second kappa shape index (κ2) is 7.25. The predicted octanol–water partition coefficient (Wildman–Crippen LogP) is 0.898. The van der Waals surface area contributed by atoms with E-state index in [0.29, 0.717) is 19.3 Å². The van der Waals surface area contributed by atoms with Gasteiger partial charge in [0.25, 0.3) is 0 Å². The molecule has 0 aromatic rings. The van der Waals surface area contributed by atoms with Crippen molar-refractivity contribution in [3.8, 4) is 0 Å². The second-order valence-corrected chi connectivity index (χ2v) is 3.28. The fourth-order valence-electron chi connectivity index (χ4n) is 0.789. The molecule has 0 aromatic carbocycles. The van der Waals surface area contributed by atoms with Crippen molar-refractivity contribution in [1.29, 1.82) is 0 Å². The highest BCUT2D eigenvalue weighted by Crippen LogP contribution is 2.05. The summed E-state index contributed by atoms with van der Waals surface area (Å²) in [5.74, 6) is -1.92. The van der Waals surface area contributed by atoms with E-state index in [1.165, 1.54) is 0 Å². The number of aliphatic hydroxyl groups excluding tert-OH is 1. The molecular formula is C9H13ClO5. The van der Waals surface area contributed by atoms with Gasteiger partial charge < -0.3 is 14.9 Å². The van der Waals surface area contributed by atoms with E-state index in [9.17, 15) is 9.59 Å². The first-order valence-corrected chi connectivity index (χ1v) is 4.78. The van der Waals surface area contributed by atoms with Crippen LogP contribution in [0.1, 0.15) is 19.3 Å². The average molecular weight is 237 g/mol. The monoisotopic (exact) mass is 236 g/mol. The number of aliphatic carboxylic acids is 1. The normalized spacial score (nSPS) is 11.9. The molecule has 15 heavy (non-hydrogen) atoms. The first-order valence-electron chi connectivity index (χ1n) is 4.35. The maximum absolute atomic E-state index is 10.6. The SMILES string of the molecule is C=C(CCCCOC(=O)C(O)Cl)C(=O)O. The highest BCUT2D eigenvalue weighted by molar-refractivity contribution is 6.28. The van der Waals surface area contributed by atoms with Gasteiger partial charge in [0.15, 0.2) is 0 Å². The Balaban J connectivity index is 3.44. The second-order valence-electron chi connectivity index (χ2n) is 2.87. The van der Waals surface area contributed by atoms with Crippen molar-refractivity contribution in [2.45, 2.75) is 24.8 Å². The van der Waals surface area contributed by atoms with Crippen LogP contribution in [-0.2, 0) is 14.3 Å². The molecule has 0 saturated heterocycles. The summed E-state index contributed by atoms with van der Waals surface area (Å²) in [6, 6.07) is 0. The minimum Gasteiger partial charge on any atom is -0.478 e. The molecule has 6 heteroatoms. The molecule has 0 saturated carbocycles. The summed E-state index contributed by atoms with van der Waals surface area (Å²) in [5.41, 5.74) is -1.52. The van der Waals surface area contributed by atoms with Crippen molar-refractivity contribution in [3.05, 3.63) is 12.2 Å². The molecule has 0 fully saturated rings. The van der Waals surface area contributed by atoms with Gasteiger partial charge in [-0.05, 0) is 19.3 Å². The highest BCUT2D eigenvalue weighted by Gasteiger charge is 2.11. The zero-order chi connectivity index (χ0) is 11.8. The molecule has 5 nitrogen and oxygen atoms in total. The van der Waals surface area contributed by atoms with Gasteiger partial charge in [0.1, 0.15) is 0 Å². The molecule has 0 heterocycles. The Bertz CT molecular complexity index is 249. The Labute approximate surface area is 92.3 Å². The summed E-state index contributed by atoms with van der Waals surface area (Å²) in [4.78, 5) is 21.0. The van der Waals surface area contributed by atoms with E-state index in [4.69, 9.17) is 21.8 Å². The fourth-order valence-corrected chi connectivity index (χ4v) is 0.852. The first-order chi connectivity index (χ1) is 6.95. The summed E-state index contributed by atoms with van der Waals surface area (Å²) >= 11 is 5.02. The summed E-state index contributed by atoms with van der Waals surface area (Å²) in [5, 5.41) is 17.0. The molecule has 86 valence electrons. The molecular weight excluding hydrogens is 224 g/mol. The summed E-state index contributed by atoms with van der Waals surface area (Å²) in [6.45, 7) is 3.45. The van der Waals surface area contributed by atoms with E-state index in [0.717, 1.165) is 0 Å².